The smallest absolute Gasteiger partial charge is 0.255 e. The number of anilines is 1. The van der Waals surface area contributed by atoms with Gasteiger partial charge in [-0.3, -0.25) is 19.7 Å². The molecule has 2 aromatic carbocycles. The van der Waals surface area contributed by atoms with E-state index in [1.807, 2.05) is 36.4 Å². The number of ether oxygens (including phenoxy) is 1. The van der Waals surface area contributed by atoms with Crippen molar-refractivity contribution in [3.8, 4) is 0 Å². The molecule has 1 saturated heterocycles. The van der Waals surface area contributed by atoms with Gasteiger partial charge >= 0.3 is 0 Å². The summed E-state index contributed by atoms with van der Waals surface area (Å²) in [7, 11) is 0. The van der Waals surface area contributed by atoms with E-state index in [-0.39, 0.29) is 36.3 Å². The van der Waals surface area contributed by atoms with E-state index in [0.717, 1.165) is 36.9 Å². The maximum atomic E-state index is 12.9. The van der Waals surface area contributed by atoms with Crippen molar-refractivity contribution in [3.63, 3.8) is 0 Å². The van der Waals surface area contributed by atoms with Gasteiger partial charge in [-0.25, -0.2) is 0 Å². The van der Waals surface area contributed by atoms with E-state index in [2.05, 4.69) is 22.8 Å². The molecule has 172 valence electrons. The highest BCUT2D eigenvalue weighted by Crippen LogP contribution is 2.31. The maximum Gasteiger partial charge on any atom is 0.255 e. The van der Waals surface area contributed by atoms with Crippen LogP contribution in [-0.4, -0.2) is 40.8 Å². The van der Waals surface area contributed by atoms with Gasteiger partial charge in [0, 0.05) is 24.2 Å². The summed E-state index contributed by atoms with van der Waals surface area (Å²) in [5.74, 6) is -0.803. The highest BCUT2D eigenvalue weighted by molar-refractivity contribution is 6.05. The first kappa shape index (κ1) is 21.6. The Labute approximate surface area is 193 Å². The summed E-state index contributed by atoms with van der Waals surface area (Å²) in [6, 6.07) is 15.6. The average molecular weight is 448 g/mol. The molecule has 0 aromatic heterocycles. The fourth-order valence-electron chi connectivity index (χ4n) is 5.12. The second kappa shape index (κ2) is 9.35. The van der Waals surface area contributed by atoms with Crippen molar-refractivity contribution in [3.05, 3.63) is 65.2 Å². The van der Waals surface area contributed by atoms with Crippen LogP contribution in [0.15, 0.2) is 48.5 Å². The number of nitrogens with one attached hydrogen (secondary N) is 2. The Balaban J connectivity index is 1.25. The predicted molar refractivity (Wildman–Crippen MR) is 123 cm³/mol. The molecule has 33 heavy (non-hydrogen) atoms. The summed E-state index contributed by atoms with van der Waals surface area (Å²) >= 11 is 0. The largest absolute Gasteiger partial charge is 0.380 e. The number of rotatable bonds is 6. The van der Waals surface area contributed by atoms with Gasteiger partial charge in [0.2, 0.25) is 11.8 Å². The molecule has 3 atom stereocenters. The molecule has 7 heteroatoms. The lowest BCUT2D eigenvalue weighted by Crippen LogP contribution is -2.52. The van der Waals surface area contributed by atoms with Gasteiger partial charge < -0.3 is 15.0 Å². The number of fused-ring (bicyclic) bond motifs is 1. The van der Waals surface area contributed by atoms with Crippen LogP contribution in [0.5, 0.6) is 0 Å². The Morgan fingerprint density at radius 3 is 2.64 bits per heavy atom. The van der Waals surface area contributed by atoms with Crippen LogP contribution in [0.25, 0.3) is 0 Å². The van der Waals surface area contributed by atoms with Crippen LogP contribution in [0.1, 0.15) is 60.0 Å². The van der Waals surface area contributed by atoms with Gasteiger partial charge in [0.15, 0.2) is 0 Å². The van der Waals surface area contributed by atoms with Crippen molar-refractivity contribution in [1.82, 2.24) is 10.2 Å². The number of carbonyl (C=O) groups is 3. The van der Waals surface area contributed by atoms with Crippen LogP contribution < -0.4 is 10.6 Å². The first-order chi connectivity index (χ1) is 16.1. The van der Waals surface area contributed by atoms with Gasteiger partial charge in [0.1, 0.15) is 6.04 Å². The molecule has 0 radical (unpaired) electrons. The third kappa shape index (κ3) is 4.64. The standard InChI is InChI=1S/C26H29N3O4/c30-24-13-12-22(25(31)28-24)29-15-18-14-19(10-11-20(18)26(29)32)27-21-8-4-5-9-23(21)33-16-17-6-2-1-3-7-17/h1-3,6-7,10-11,14,21-23,27H,4-5,8-9,12-13,15-16H2,(H,28,30,31). The Bertz CT molecular complexity index is 1050. The Kier molecular flexibility index (Phi) is 6.13. The van der Waals surface area contributed by atoms with E-state index < -0.39 is 6.04 Å². The molecule has 5 rings (SSSR count). The molecule has 2 fully saturated rings. The van der Waals surface area contributed by atoms with Crippen LogP contribution in [-0.2, 0) is 27.5 Å². The lowest BCUT2D eigenvalue weighted by molar-refractivity contribution is -0.136. The minimum absolute atomic E-state index is 0.133. The van der Waals surface area contributed by atoms with E-state index in [1.54, 1.807) is 4.90 Å². The molecule has 2 aromatic rings. The molecule has 2 heterocycles. The highest BCUT2D eigenvalue weighted by Gasteiger charge is 2.39. The third-order valence-electron chi connectivity index (χ3n) is 6.89. The number of amides is 3. The summed E-state index contributed by atoms with van der Waals surface area (Å²) < 4.78 is 6.28. The summed E-state index contributed by atoms with van der Waals surface area (Å²) in [6.07, 6.45) is 5.16. The zero-order valence-corrected chi connectivity index (χ0v) is 18.6. The van der Waals surface area contributed by atoms with Gasteiger partial charge in [-0.15, -0.1) is 0 Å². The Morgan fingerprint density at radius 2 is 1.82 bits per heavy atom. The van der Waals surface area contributed by atoms with Gasteiger partial charge in [0.05, 0.1) is 18.8 Å². The van der Waals surface area contributed by atoms with Gasteiger partial charge in [-0.1, -0.05) is 43.2 Å². The van der Waals surface area contributed by atoms with E-state index in [1.165, 1.54) is 5.56 Å². The van der Waals surface area contributed by atoms with Crippen LogP contribution in [0.4, 0.5) is 5.69 Å². The molecule has 1 aliphatic carbocycles. The van der Waals surface area contributed by atoms with E-state index in [9.17, 15) is 14.4 Å². The zero-order chi connectivity index (χ0) is 22.8. The first-order valence-corrected chi connectivity index (χ1v) is 11.8. The second-order valence-corrected chi connectivity index (χ2v) is 9.14. The minimum atomic E-state index is -0.590. The average Bonchev–Trinajstić information content (AvgIpc) is 3.14. The van der Waals surface area contributed by atoms with Crippen LogP contribution >= 0.6 is 0 Å². The number of carbonyl (C=O) groups excluding carboxylic acids is 3. The topological polar surface area (TPSA) is 87.7 Å². The number of hydrogen-bond acceptors (Lipinski definition) is 5. The van der Waals surface area contributed by atoms with Gasteiger partial charge in [-0.05, 0) is 48.6 Å². The van der Waals surface area contributed by atoms with Crippen molar-refractivity contribution >= 4 is 23.4 Å². The maximum absolute atomic E-state index is 12.9. The molecule has 0 spiro atoms. The summed E-state index contributed by atoms with van der Waals surface area (Å²) in [4.78, 5) is 38.2. The lowest BCUT2D eigenvalue weighted by atomic mass is 9.92. The summed E-state index contributed by atoms with van der Waals surface area (Å²) in [5.41, 5.74) is 3.68. The third-order valence-corrected chi connectivity index (χ3v) is 6.89. The van der Waals surface area contributed by atoms with Gasteiger partial charge in [0.25, 0.3) is 5.91 Å². The van der Waals surface area contributed by atoms with Crippen molar-refractivity contribution < 1.29 is 19.1 Å². The van der Waals surface area contributed by atoms with Crippen molar-refractivity contribution in [2.45, 2.75) is 69.9 Å². The van der Waals surface area contributed by atoms with E-state index >= 15 is 0 Å². The van der Waals surface area contributed by atoms with Crippen LogP contribution in [0, 0.1) is 0 Å². The fourth-order valence-corrected chi connectivity index (χ4v) is 5.12. The van der Waals surface area contributed by atoms with Crippen molar-refractivity contribution in [2.24, 2.45) is 0 Å². The molecule has 3 aliphatic rings. The number of imide groups is 1. The van der Waals surface area contributed by atoms with E-state index in [4.69, 9.17) is 4.74 Å². The number of piperidine rings is 1. The Morgan fingerprint density at radius 1 is 1.00 bits per heavy atom. The van der Waals surface area contributed by atoms with Crippen molar-refractivity contribution in [2.75, 3.05) is 5.32 Å². The molecule has 7 nitrogen and oxygen atoms in total. The normalized spacial score (nSPS) is 25.0. The minimum Gasteiger partial charge on any atom is -0.380 e. The predicted octanol–water partition coefficient (Wildman–Crippen LogP) is 3.39. The molecular weight excluding hydrogens is 418 g/mol. The molecule has 0 bridgehead atoms. The van der Waals surface area contributed by atoms with Crippen LogP contribution in [0.2, 0.25) is 0 Å². The van der Waals surface area contributed by atoms with Crippen molar-refractivity contribution in [1.29, 1.82) is 0 Å². The molecule has 1 saturated carbocycles. The number of benzene rings is 2. The van der Waals surface area contributed by atoms with E-state index in [0.29, 0.717) is 25.1 Å². The summed E-state index contributed by atoms with van der Waals surface area (Å²) in [6.45, 7) is 0.984. The highest BCUT2D eigenvalue weighted by atomic mass is 16.5. The lowest BCUT2D eigenvalue weighted by Gasteiger charge is -2.33. The fraction of sp³-hybridized carbons (Fsp3) is 0.423. The molecule has 2 N–H and O–H groups in total. The van der Waals surface area contributed by atoms with Crippen LogP contribution in [0.3, 0.4) is 0 Å². The number of hydrogen-bond donors (Lipinski definition) is 2. The monoisotopic (exact) mass is 447 g/mol. The molecule has 2 aliphatic heterocycles. The Hall–Kier alpha value is -3.19. The quantitative estimate of drug-likeness (QED) is 0.663. The SMILES string of the molecule is O=C1CCC(N2Cc3cc(NC4CCCCC4OCc4ccccc4)ccc3C2=O)C(=O)N1. The molecular formula is C26H29N3O4. The summed E-state index contributed by atoms with van der Waals surface area (Å²) in [5, 5.41) is 5.99. The second-order valence-electron chi connectivity index (χ2n) is 9.14. The number of nitrogens with zero attached hydrogens (tertiary/aromatic N) is 1. The van der Waals surface area contributed by atoms with Gasteiger partial charge in [-0.2, -0.15) is 0 Å². The molecule has 3 unspecified atom stereocenters. The zero-order valence-electron chi connectivity index (χ0n) is 18.6. The molecule has 3 amide bonds. The first-order valence-electron chi connectivity index (χ1n) is 11.8.